The van der Waals surface area contributed by atoms with E-state index in [4.69, 9.17) is 0 Å². The third-order valence-corrected chi connectivity index (χ3v) is 9.08. The van der Waals surface area contributed by atoms with Gasteiger partial charge in [-0.05, 0) is 86.5 Å². The lowest BCUT2D eigenvalue weighted by Crippen LogP contribution is -2.43. The zero-order chi connectivity index (χ0) is 30.5. The van der Waals surface area contributed by atoms with Crippen LogP contribution in [0.15, 0.2) is 121 Å². The van der Waals surface area contributed by atoms with E-state index in [2.05, 4.69) is 107 Å². The Balaban J connectivity index is 1.19. The summed E-state index contributed by atoms with van der Waals surface area (Å²) in [6.07, 6.45) is 5.34. The van der Waals surface area contributed by atoms with Gasteiger partial charge in [0.05, 0.1) is 0 Å². The molecular weight excluding hydrogens is 542 g/mol. The van der Waals surface area contributed by atoms with Crippen LogP contribution in [0.1, 0.15) is 71.5 Å². The van der Waals surface area contributed by atoms with Crippen LogP contribution in [0.5, 0.6) is 0 Å². The molecular formula is C39H45N3O2. The standard InChI is InChI=1S/C39H45N3O2/c43-37(23-13-27-40-38(44)34-17-7-2-8-18-34)41-31-39(35-19-9-3-10-20-35,36-21-11-4-12-22-36)26-14-28-42-29-24-33(25-30-42)32-15-5-1-6-16-32/h1-12,15-22,33H,13-14,23-31H2,(H,40,44)(H,41,43). The Labute approximate surface area is 262 Å². The summed E-state index contributed by atoms with van der Waals surface area (Å²) in [5.41, 5.74) is 4.22. The van der Waals surface area contributed by atoms with Gasteiger partial charge in [-0.25, -0.2) is 0 Å². The fourth-order valence-electron chi connectivity index (χ4n) is 6.56. The molecule has 228 valence electrons. The lowest BCUT2D eigenvalue weighted by atomic mass is 9.71. The molecule has 5 heteroatoms. The van der Waals surface area contributed by atoms with Crippen LogP contribution in [0.2, 0.25) is 0 Å². The van der Waals surface area contributed by atoms with E-state index in [1.54, 1.807) is 12.1 Å². The van der Waals surface area contributed by atoms with Gasteiger partial charge in [0.25, 0.3) is 5.91 Å². The Morgan fingerprint density at radius 2 is 1.23 bits per heavy atom. The Hall–Kier alpha value is -4.22. The van der Waals surface area contributed by atoms with E-state index in [0.717, 1.165) is 32.5 Å². The second-order valence-electron chi connectivity index (χ2n) is 11.9. The average Bonchev–Trinajstić information content (AvgIpc) is 3.10. The van der Waals surface area contributed by atoms with Gasteiger partial charge in [-0.2, -0.15) is 0 Å². The number of carbonyl (C=O) groups excluding carboxylic acids is 2. The van der Waals surface area contributed by atoms with Crippen molar-refractivity contribution in [1.29, 1.82) is 0 Å². The van der Waals surface area contributed by atoms with Crippen LogP contribution >= 0.6 is 0 Å². The van der Waals surface area contributed by atoms with E-state index in [1.807, 2.05) is 18.2 Å². The third-order valence-electron chi connectivity index (χ3n) is 9.08. The molecule has 0 unspecified atom stereocenters. The topological polar surface area (TPSA) is 61.4 Å². The van der Waals surface area contributed by atoms with E-state index < -0.39 is 0 Å². The second-order valence-corrected chi connectivity index (χ2v) is 11.9. The number of carbonyl (C=O) groups is 2. The molecule has 1 fully saturated rings. The third kappa shape index (κ3) is 8.45. The Bertz CT molecular complexity index is 1380. The van der Waals surface area contributed by atoms with Crippen molar-refractivity contribution in [2.24, 2.45) is 0 Å². The average molecular weight is 588 g/mol. The number of hydrogen-bond acceptors (Lipinski definition) is 3. The molecule has 0 spiro atoms. The minimum Gasteiger partial charge on any atom is -0.355 e. The fraction of sp³-hybridized carbons (Fsp3) is 0.333. The van der Waals surface area contributed by atoms with Crippen LogP contribution < -0.4 is 10.6 Å². The van der Waals surface area contributed by atoms with Crippen molar-refractivity contribution in [2.75, 3.05) is 32.7 Å². The smallest absolute Gasteiger partial charge is 0.251 e. The lowest BCUT2D eigenvalue weighted by molar-refractivity contribution is -0.121. The molecule has 1 aliphatic rings. The summed E-state index contributed by atoms with van der Waals surface area (Å²) in [6, 6.07) is 41.4. The van der Waals surface area contributed by atoms with E-state index in [0.29, 0.717) is 37.4 Å². The van der Waals surface area contributed by atoms with E-state index in [1.165, 1.54) is 29.5 Å². The second kappa shape index (κ2) is 16.0. The van der Waals surface area contributed by atoms with Crippen LogP contribution in [-0.2, 0) is 10.2 Å². The number of hydrogen-bond donors (Lipinski definition) is 2. The van der Waals surface area contributed by atoms with Gasteiger partial charge >= 0.3 is 0 Å². The molecule has 1 heterocycles. The lowest BCUT2D eigenvalue weighted by Gasteiger charge is -2.37. The highest BCUT2D eigenvalue weighted by Crippen LogP contribution is 2.37. The molecule has 0 atom stereocenters. The first-order valence-electron chi connectivity index (χ1n) is 16.1. The van der Waals surface area contributed by atoms with Gasteiger partial charge in [-0.1, -0.05) is 109 Å². The SMILES string of the molecule is O=C(CCCNC(=O)c1ccccc1)NCC(CCCN1CCC(c2ccccc2)CC1)(c1ccccc1)c1ccccc1. The van der Waals surface area contributed by atoms with E-state index in [-0.39, 0.29) is 17.2 Å². The molecule has 4 aromatic rings. The van der Waals surface area contributed by atoms with Crippen LogP contribution in [0.3, 0.4) is 0 Å². The highest BCUT2D eigenvalue weighted by molar-refractivity contribution is 5.94. The van der Waals surface area contributed by atoms with Gasteiger partial charge in [0.15, 0.2) is 0 Å². The maximum Gasteiger partial charge on any atom is 0.251 e. The van der Waals surface area contributed by atoms with Crippen molar-refractivity contribution in [1.82, 2.24) is 15.5 Å². The first-order valence-corrected chi connectivity index (χ1v) is 16.1. The fourth-order valence-corrected chi connectivity index (χ4v) is 6.56. The quantitative estimate of drug-likeness (QED) is 0.157. The number of nitrogens with zero attached hydrogens (tertiary/aromatic N) is 1. The van der Waals surface area contributed by atoms with Gasteiger partial charge in [-0.15, -0.1) is 0 Å². The maximum atomic E-state index is 13.1. The van der Waals surface area contributed by atoms with Gasteiger partial charge in [0.1, 0.15) is 0 Å². The van der Waals surface area contributed by atoms with Crippen LogP contribution in [0.4, 0.5) is 0 Å². The summed E-state index contributed by atoms with van der Waals surface area (Å²) in [7, 11) is 0. The molecule has 0 radical (unpaired) electrons. The molecule has 5 nitrogen and oxygen atoms in total. The number of piperidine rings is 1. The highest BCUT2D eigenvalue weighted by Gasteiger charge is 2.34. The monoisotopic (exact) mass is 587 g/mol. The minimum atomic E-state index is -0.331. The summed E-state index contributed by atoms with van der Waals surface area (Å²) in [5.74, 6) is 0.558. The van der Waals surface area contributed by atoms with Crippen LogP contribution in [-0.4, -0.2) is 49.4 Å². The van der Waals surface area contributed by atoms with Gasteiger partial charge in [-0.3, -0.25) is 9.59 Å². The van der Waals surface area contributed by atoms with Crippen molar-refractivity contribution in [2.45, 2.75) is 49.9 Å². The van der Waals surface area contributed by atoms with Crippen molar-refractivity contribution in [3.05, 3.63) is 144 Å². The van der Waals surface area contributed by atoms with E-state index in [9.17, 15) is 9.59 Å². The molecule has 4 aromatic carbocycles. The first-order chi connectivity index (χ1) is 21.6. The first kappa shape index (κ1) is 31.2. The molecule has 1 saturated heterocycles. The molecule has 0 aromatic heterocycles. The van der Waals surface area contributed by atoms with Crippen molar-refractivity contribution >= 4 is 11.8 Å². The van der Waals surface area contributed by atoms with Crippen LogP contribution in [0.25, 0.3) is 0 Å². The summed E-state index contributed by atoms with van der Waals surface area (Å²) in [4.78, 5) is 28.1. The Kier molecular flexibility index (Phi) is 11.4. The summed E-state index contributed by atoms with van der Waals surface area (Å²) < 4.78 is 0. The molecule has 1 aliphatic heterocycles. The Morgan fingerprint density at radius 3 is 1.82 bits per heavy atom. The Morgan fingerprint density at radius 1 is 0.682 bits per heavy atom. The minimum absolute atomic E-state index is 0.0122. The van der Waals surface area contributed by atoms with Crippen molar-refractivity contribution in [3.63, 3.8) is 0 Å². The number of nitrogens with one attached hydrogen (secondary N) is 2. The molecule has 2 N–H and O–H groups in total. The predicted molar refractivity (Wildman–Crippen MR) is 179 cm³/mol. The van der Waals surface area contributed by atoms with Crippen molar-refractivity contribution in [3.8, 4) is 0 Å². The molecule has 5 rings (SSSR count). The molecule has 0 aliphatic carbocycles. The van der Waals surface area contributed by atoms with Gasteiger partial charge < -0.3 is 15.5 Å². The zero-order valence-corrected chi connectivity index (χ0v) is 25.7. The molecule has 2 amide bonds. The summed E-state index contributed by atoms with van der Waals surface area (Å²) >= 11 is 0. The normalized spacial score (nSPS) is 14.2. The van der Waals surface area contributed by atoms with Gasteiger partial charge in [0.2, 0.25) is 5.91 Å². The van der Waals surface area contributed by atoms with Crippen LogP contribution in [0, 0.1) is 0 Å². The summed E-state index contributed by atoms with van der Waals surface area (Å²) in [6.45, 7) is 4.30. The zero-order valence-electron chi connectivity index (χ0n) is 25.7. The number of amides is 2. The predicted octanol–water partition coefficient (Wildman–Crippen LogP) is 6.96. The number of benzene rings is 4. The molecule has 0 saturated carbocycles. The highest BCUT2D eigenvalue weighted by atomic mass is 16.2. The molecule has 0 bridgehead atoms. The summed E-state index contributed by atoms with van der Waals surface area (Å²) in [5, 5.41) is 6.21. The molecule has 44 heavy (non-hydrogen) atoms. The van der Waals surface area contributed by atoms with Gasteiger partial charge in [0, 0.05) is 30.5 Å². The number of rotatable bonds is 14. The van der Waals surface area contributed by atoms with E-state index >= 15 is 0 Å². The maximum absolute atomic E-state index is 13.1. The largest absolute Gasteiger partial charge is 0.355 e. The van der Waals surface area contributed by atoms with Crippen molar-refractivity contribution < 1.29 is 9.59 Å². The number of likely N-dealkylation sites (tertiary alicyclic amines) is 1.